The molecule has 0 radical (unpaired) electrons. The summed E-state index contributed by atoms with van der Waals surface area (Å²) in [6.07, 6.45) is 1.99. The van der Waals surface area contributed by atoms with Crippen LogP contribution >= 0.6 is 0 Å². The summed E-state index contributed by atoms with van der Waals surface area (Å²) in [7, 11) is -5.96. The molecule has 1 amide bonds. The summed E-state index contributed by atoms with van der Waals surface area (Å²) in [5.41, 5.74) is 2.51. The first-order valence-electron chi connectivity index (χ1n) is 13.9. The highest BCUT2D eigenvalue weighted by molar-refractivity contribution is 7.87. The van der Waals surface area contributed by atoms with Crippen LogP contribution in [-0.2, 0) is 21.2 Å². The summed E-state index contributed by atoms with van der Waals surface area (Å²) in [4.78, 5) is 15.3. The molecule has 13 heteroatoms. The van der Waals surface area contributed by atoms with E-state index < -0.39 is 24.6 Å². The number of imidazole rings is 1. The van der Waals surface area contributed by atoms with Gasteiger partial charge in [-0.05, 0) is 61.2 Å². The first-order valence-corrected chi connectivity index (χ1v) is 18.3. The highest BCUT2D eigenvalue weighted by Crippen LogP contribution is 2.51. The maximum absolute atomic E-state index is 12.0. The molecule has 0 bridgehead atoms. The van der Waals surface area contributed by atoms with Crippen molar-refractivity contribution < 1.29 is 27.3 Å². The van der Waals surface area contributed by atoms with Gasteiger partial charge in [-0.3, -0.25) is 0 Å². The number of rotatable bonds is 8. The van der Waals surface area contributed by atoms with Crippen LogP contribution in [0.3, 0.4) is 0 Å². The lowest BCUT2D eigenvalue weighted by molar-refractivity contribution is 0.189. The molecular weight excluding hydrogens is 575 g/mol. The van der Waals surface area contributed by atoms with Crippen molar-refractivity contribution in [2.24, 2.45) is 17.8 Å². The normalized spacial score (nSPS) is 21.3. The first-order chi connectivity index (χ1) is 19.6. The standard InChI is InChI=1S/C29H37N5O6SSi/c1-19(40-42(5,6)29(2,3)4)27-30-13-14-33(27)16-22-15-26(39-31-22)21-10-7-20(8-11-21)9-12-23-24-17-34(18-25(23)24)41(37,38)32-28(35)36/h7-8,10-11,13-15,19,23-25,32H,16-18H2,1-6H3,(H,35,36)/t19-,23-,24+,25-/m0/s1. The molecule has 0 unspecified atom stereocenters. The van der Waals surface area contributed by atoms with Gasteiger partial charge in [-0.2, -0.15) is 12.7 Å². The van der Waals surface area contributed by atoms with Gasteiger partial charge in [0, 0.05) is 48.6 Å². The van der Waals surface area contributed by atoms with E-state index in [2.05, 4.69) is 55.8 Å². The molecule has 2 aliphatic rings. The summed E-state index contributed by atoms with van der Waals surface area (Å²) in [6, 6.07) is 9.64. The summed E-state index contributed by atoms with van der Waals surface area (Å²) >= 11 is 0. The Morgan fingerprint density at radius 3 is 2.52 bits per heavy atom. The molecule has 2 fully saturated rings. The SMILES string of the molecule is C[C@H](O[Si](C)(C)C(C)(C)C)c1nccn1Cc1cc(-c2ccc(C#C[C@H]3[C@H]4CN(S(=O)(=O)NC(=O)O)C[C@@H]34)cc2)on1. The largest absolute Gasteiger partial charge is 0.464 e. The minimum absolute atomic E-state index is 0.105. The molecule has 1 saturated heterocycles. The number of benzene rings is 1. The van der Waals surface area contributed by atoms with Gasteiger partial charge >= 0.3 is 16.3 Å². The Bertz CT molecular complexity index is 1620. The molecule has 1 aromatic carbocycles. The molecule has 1 saturated carbocycles. The van der Waals surface area contributed by atoms with E-state index in [4.69, 9.17) is 14.1 Å². The molecule has 1 aliphatic heterocycles. The highest BCUT2D eigenvalue weighted by atomic mass is 32.2. The van der Waals surface area contributed by atoms with Gasteiger partial charge in [0.2, 0.25) is 0 Å². The fraction of sp³-hybridized carbons (Fsp3) is 0.483. The van der Waals surface area contributed by atoms with Crippen molar-refractivity contribution in [1.82, 2.24) is 23.7 Å². The van der Waals surface area contributed by atoms with E-state index in [0.29, 0.717) is 12.3 Å². The number of carboxylic acid groups (broad SMARTS) is 1. The van der Waals surface area contributed by atoms with E-state index in [-0.39, 0.29) is 42.0 Å². The minimum atomic E-state index is -4.00. The number of nitrogens with zero attached hydrogens (tertiary/aromatic N) is 4. The third kappa shape index (κ3) is 6.31. The summed E-state index contributed by atoms with van der Waals surface area (Å²) in [6.45, 7) is 14.3. The Morgan fingerprint density at radius 1 is 1.24 bits per heavy atom. The lowest BCUT2D eigenvalue weighted by Gasteiger charge is -2.38. The summed E-state index contributed by atoms with van der Waals surface area (Å²) < 4.78 is 41.0. The third-order valence-electron chi connectivity index (χ3n) is 8.55. The number of carbonyl (C=O) groups is 1. The molecular formula is C29H37N5O6SSi. The second kappa shape index (κ2) is 11.0. The number of nitrogens with one attached hydrogen (secondary N) is 1. The van der Waals surface area contributed by atoms with Crippen LogP contribution in [0.2, 0.25) is 18.1 Å². The van der Waals surface area contributed by atoms with Crippen LogP contribution in [0.4, 0.5) is 4.79 Å². The topological polar surface area (TPSA) is 140 Å². The van der Waals surface area contributed by atoms with E-state index in [0.717, 1.165) is 22.6 Å². The number of fused-ring (bicyclic) bond motifs is 1. The monoisotopic (exact) mass is 611 g/mol. The maximum Gasteiger partial charge on any atom is 0.419 e. The molecule has 3 heterocycles. The number of aromatic nitrogens is 3. The van der Waals surface area contributed by atoms with Crippen LogP contribution in [0.15, 0.2) is 47.2 Å². The van der Waals surface area contributed by atoms with Gasteiger partial charge in [0.05, 0.1) is 6.54 Å². The van der Waals surface area contributed by atoms with Crippen LogP contribution in [0.1, 0.15) is 50.9 Å². The van der Waals surface area contributed by atoms with Gasteiger partial charge in [-0.15, -0.1) is 0 Å². The summed E-state index contributed by atoms with van der Waals surface area (Å²) in [5, 5.41) is 13.1. The lowest BCUT2D eigenvalue weighted by Crippen LogP contribution is -2.43. The van der Waals surface area contributed by atoms with Crippen LogP contribution in [0, 0.1) is 29.6 Å². The number of amides is 1. The van der Waals surface area contributed by atoms with Crippen molar-refractivity contribution >= 4 is 24.6 Å². The molecule has 2 aromatic heterocycles. The van der Waals surface area contributed by atoms with Crippen molar-refractivity contribution in [1.29, 1.82) is 0 Å². The lowest BCUT2D eigenvalue weighted by atomic mass is 10.1. The molecule has 2 N–H and O–H groups in total. The fourth-order valence-electron chi connectivity index (χ4n) is 5.14. The van der Waals surface area contributed by atoms with E-state index in [1.165, 1.54) is 4.31 Å². The number of piperidine rings is 1. The van der Waals surface area contributed by atoms with Crippen molar-refractivity contribution in [2.45, 2.75) is 58.5 Å². The number of hydrogen-bond acceptors (Lipinski definition) is 7. The van der Waals surface area contributed by atoms with Gasteiger partial charge in [0.15, 0.2) is 14.1 Å². The van der Waals surface area contributed by atoms with Crippen LogP contribution < -0.4 is 4.72 Å². The predicted octanol–water partition coefficient (Wildman–Crippen LogP) is 4.71. The van der Waals surface area contributed by atoms with E-state index in [1.54, 1.807) is 10.9 Å². The van der Waals surface area contributed by atoms with Gasteiger partial charge in [-0.25, -0.2) is 14.5 Å². The van der Waals surface area contributed by atoms with Gasteiger partial charge in [0.25, 0.3) is 0 Å². The Balaban J connectivity index is 1.17. The molecule has 224 valence electrons. The third-order valence-corrected chi connectivity index (χ3v) is 14.5. The Morgan fingerprint density at radius 2 is 1.90 bits per heavy atom. The zero-order valence-electron chi connectivity index (χ0n) is 24.7. The van der Waals surface area contributed by atoms with Crippen molar-refractivity contribution in [2.75, 3.05) is 13.1 Å². The average molecular weight is 612 g/mol. The quantitative estimate of drug-likeness (QED) is 0.276. The second-order valence-electron chi connectivity index (χ2n) is 12.5. The molecule has 3 aromatic rings. The zero-order valence-corrected chi connectivity index (χ0v) is 26.5. The molecule has 42 heavy (non-hydrogen) atoms. The Kier molecular flexibility index (Phi) is 7.86. The number of hydrogen-bond donors (Lipinski definition) is 2. The zero-order chi connectivity index (χ0) is 30.4. The predicted molar refractivity (Wildman–Crippen MR) is 159 cm³/mol. The van der Waals surface area contributed by atoms with E-state index in [9.17, 15) is 13.2 Å². The van der Waals surface area contributed by atoms with Crippen LogP contribution in [0.25, 0.3) is 11.3 Å². The Labute approximate surface area is 247 Å². The van der Waals surface area contributed by atoms with Gasteiger partial charge in [-0.1, -0.05) is 37.8 Å². The van der Waals surface area contributed by atoms with E-state index >= 15 is 0 Å². The van der Waals surface area contributed by atoms with E-state index in [1.807, 2.05) is 48.0 Å². The molecule has 4 atom stereocenters. The van der Waals surface area contributed by atoms with Crippen molar-refractivity contribution in [3.05, 3.63) is 59.8 Å². The maximum atomic E-state index is 12.0. The Hall–Kier alpha value is -3.44. The molecule has 5 rings (SSSR count). The van der Waals surface area contributed by atoms with Crippen molar-refractivity contribution in [3.63, 3.8) is 0 Å². The first kappa shape index (κ1) is 30.0. The minimum Gasteiger partial charge on any atom is -0.464 e. The second-order valence-corrected chi connectivity index (χ2v) is 19.0. The van der Waals surface area contributed by atoms with Crippen molar-refractivity contribution in [3.8, 4) is 23.2 Å². The summed E-state index contributed by atoms with van der Waals surface area (Å²) in [5.74, 6) is 8.33. The molecule has 1 aliphatic carbocycles. The average Bonchev–Trinajstić information content (AvgIpc) is 3.38. The van der Waals surface area contributed by atoms with Gasteiger partial charge in [0.1, 0.15) is 17.6 Å². The van der Waals surface area contributed by atoms with Gasteiger partial charge < -0.3 is 18.6 Å². The highest BCUT2D eigenvalue weighted by Gasteiger charge is 2.57. The smallest absolute Gasteiger partial charge is 0.419 e. The molecule has 11 nitrogen and oxygen atoms in total. The van der Waals surface area contributed by atoms with Crippen LogP contribution in [-0.4, -0.2) is 60.0 Å². The fourth-order valence-corrected chi connectivity index (χ4v) is 7.57. The van der Waals surface area contributed by atoms with Crippen LogP contribution in [0.5, 0.6) is 0 Å². The molecule has 0 spiro atoms.